The summed E-state index contributed by atoms with van der Waals surface area (Å²) in [5.41, 5.74) is 1.48. The second kappa shape index (κ2) is 7.64. The number of halogens is 2. The molecule has 0 aromatic heterocycles. The smallest absolute Gasteiger partial charge is 0.253 e. The van der Waals surface area contributed by atoms with Gasteiger partial charge in [-0.25, -0.2) is 8.78 Å². The van der Waals surface area contributed by atoms with Gasteiger partial charge in [-0.15, -0.1) is 0 Å². The normalized spacial score (nSPS) is 22.9. The Labute approximate surface area is 157 Å². The maximum atomic E-state index is 13.3. The van der Waals surface area contributed by atoms with E-state index in [1.165, 1.54) is 36.4 Å². The quantitative estimate of drug-likeness (QED) is 0.811. The Morgan fingerprint density at radius 2 is 1.63 bits per heavy atom. The third-order valence-electron chi connectivity index (χ3n) is 5.44. The van der Waals surface area contributed by atoms with Crippen LogP contribution >= 0.6 is 0 Å². The molecule has 0 spiro atoms. The van der Waals surface area contributed by atoms with Crippen LogP contribution in [0.15, 0.2) is 48.5 Å². The van der Waals surface area contributed by atoms with Crippen LogP contribution in [0.5, 0.6) is 0 Å². The van der Waals surface area contributed by atoms with Crippen molar-refractivity contribution >= 4 is 11.6 Å². The van der Waals surface area contributed by atoms with E-state index in [1.807, 2.05) is 4.90 Å². The average molecular weight is 372 g/mol. The van der Waals surface area contributed by atoms with Crippen LogP contribution in [0.2, 0.25) is 0 Å². The highest BCUT2D eigenvalue weighted by molar-refractivity contribution is 5.94. The summed E-state index contributed by atoms with van der Waals surface area (Å²) in [6.07, 6.45) is 0.818. The number of hydrogen-bond acceptors (Lipinski definition) is 3. The number of amides is 1. The molecule has 0 N–H and O–H groups in total. The number of carbonyl (C=O) groups excluding carboxylic acids is 1. The van der Waals surface area contributed by atoms with Gasteiger partial charge in [0.15, 0.2) is 0 Å². The van der Waals surface area contributed by atoms with Crippen LogP contribution in [0, 0.1) is 17.6 Å². The minimum atomic E-state index is -0.350. The first kappa shape index (κ1) is 17.9. The third kappa shape index (κ3) is 3.81. The highest BCUT2D eigenvalue weighted by Crippen LogP contribution is 2.30. The molecule has 2 aliphatic rings. The van der Waals surface area contributed by atoms with Gasteiger partial charge in [0, 0.05) is 42.8 Å². The fraction of sp³-hybridized carbons (Fsp3) is 0.381. The summed E-state index contributed by atoms with van der Waals surface area (Å²) in [4.78, 5) is 16.9. The molecule has 0 saturated carbocycles. The topological polar surface area (TPSA) is 32.8 Å². The van der Waals surface area contributed by atoms with Crippen molar-refractivity contribution in [2.75, 3.05) is 37.7 Å². The van der Waals surface area contributed by atoms with E-state index in [9.17, 15) is 13.6 Å². The molecule has 2 saturated heterocycles. The molecular formula is C21H22F2N2O2. The van der Waals surface area contributed by atoms with Crippen LogP contribution in [0.4, 0.5) is 14.5 Å². The molecule has 0 aliphatic carbocycles. The summed E-state index contributed by atoms with van der Waals surface area (Å²) in [6.45, 7) is 3.18. The summed E-state index contributed by atoms with van der Waals surface area (Å²) in [7, 11) is 0. The summed E-state index contributed by atoms with van der Waals surface area (Å²) < 4.78 is 32.2. The molecule has 2 atom stereocenters. The lowest BCUT2D eigenvalue weighted by atomic mass is 9.90. The van der Waals surface area contributed by atoms with E-state index < -0.39 is 0 Å². The molecule has 2 aromatic carbocycles. The highest BCUT2D eigenvalue weighted by Gasteiger charge is 2.37. The van der Waals surface area contributed by atoms with Crippen molar-refractivity contribution in [3.05, 3.63) is 65.7 Å². The van der Waals surface area contributed by atoms with Gasteiger partial charge in [0.25, 0.3) is 5.91 Å². The molecule has 0 radical (unpaired) electrons. The predicted molar refractivity (Wildman–Crippen MR) is 98.8 cm³/mol. The Morgan fingerprint density at radius 1 is 0.963 bits per heavy atom. The second-order valence-electron chi connectivity index (χ2n) is 7.12. The van der Waals surface area contributed by atoms with Crippen molar-refractivity contribution in [1.82, 2.24) is 4.90 Å². The zero-order valence-electron chi connectivity index (χ0n) is 15.0. The monoisotopic (exact) mass is 372 g/mol. The molecule has 2 aromatic rings. The van der Waals surface area contributed by atoms with Crippen molar-refractivity contribution in [2.24, 2.45) is 5.92 Å². The van der Waals surface area contributed by atoms with Gasteiger partial charge < -0.3 is 14.5 Å². The van der Waals surface area contributed by atoms with Gasteiger partial charge in [-0.1, -0.05) is 0 Å². The molecule has 0 bridgehead atoms. The lowest BCUT2D eigenvalue weighted by molar-refractivity contribution is 0.0520. The van der Waals surface area contributed by atoms with Gasteiger partial charge in [-0.2, -0.15) is 0 Å². The Hall–Kier alpha value is -2.47. The van der Waals surface area contributed by atoms with Crippen molar-refractivity contribution in [3.63, 3.8) is 0 Å². The first-order valence-corrected chi connectivity index (χ1v) is 9.26. The lowest BCUT2D eigenvalue weighted by Crippen LogP contribution is -2.53. The van der Waals surface area contributed by atoms with Crippen molar-refractivity contribution in [2.45, 2.75) is 12.5 Å². The van der Waals surface area contributed by atoms with E-state index >= 15 is 0 Å². The largest absolute Gasteiger partial charge is 0.379 e. The zero-order chi connectivity index (χ0) is 18.8. The standard InChI is InChI=1S/C21H22F2N2O2/c22-17-3-1-15(2-4-17)21(26)24-10-9-20-16(13-24)14-27-12-11-25(20)19-7-5-18(23)6-8-19/h1-8,16,20H,9-14H2/t16-,20+/m1/s1. The van der Waals surface area contributed by atoms with Gasteiger partial charge in [0.2, 0.25) is 0 Å². The van der Waals surface area contributed by atoms with Crippen LogP contribution < -0.4 is 4.90 Å². The number of ether oxygens (including phenoxy) is 1. The van der Waals surface area contributed by atoms with Crippen LogP contribution in [-0.2, 0) is 4.74 Å². The maximum absolute atomic E-state index is 13.3. The lowest BCUT2D eigenvalue weighted by Gasteiger charge is -2.43. The molecule has 2 fully saturated rings. The number of likely N-dealkylation sites (tertiary alicyclic amines) is 1. The van der Waals surface area contributed by atoms with Gasteiger partial charge in [-0.05, 0) is 55.0 Å². The van der Waals surface area contributed by atoms with Crippen molar-refractivity contribution in [1.29, 1.82) is 0 Å². The molecular weight excluding hydrogens is 350 g/mol. The highest BCUT2D eigenvalue weighted by atomic mass is 19.1. The summed E-state index contributed by atoms with van der Waals surface area (Å²) in [5, 5.41) is 0. The molecule has 0 unspecified atom stereocenters. The van der Waals surface area contributed by atoms with E-state index in [4.69, 9.17) is 4.74 Å². The molecule has 1 amide bonds. The molecule has 2 heterocycles. The van der Waals surface area contributed by atoms with Crippen LogP contribution in [0.1, 0.15) is 16.8 Å². The molecule has 142 valence electrons. The number of rotatable bonds is 2. The Kier molecular flexibility index (Phi) is 5.07. The Morgan fingerprint density at radius 3 is 2.33 bits per heavy atom. The third-order valence-corrected chi connectivity index (χ3v) is 5.44. The van der Waals surface area contributed by atoms with Gasteiger partial charge >= 0.3 is 0 Å². The SMILES string of the molecule is O=C(c1ccc(F)cc1)N1CC[C@H]2[C@@H](COCCN2c2ccc(F)cc2)C1. The van der Waals surface area contributed by atoms with Gasteiger partial charge in [0.05, 0.1) is 13.2 Å². The number of fused-ring (bicyclic) bond motifs is 1. The first-order chi connectivity index (χ1) is 13.1. The first-order valence-electron chi connectivity index (χ1n) is 9.26. The average Bonchev–Trinajstić information content (AvgIpc) is 2.90. The Balaban J connectivity index is 1.51. The zero-order valence-corrected chi connectivity index (χ0v) is 15.0. The van der Waals surface area contributed by atoms with Crippen LogP contribution in [-0.4, -0.2) is 49.7 Å². The van der Waals surface area contributed by atoms with Gasteiger partial charge in [-0.3, -0.25) is 4.79 Å². The second-order valence-corrected chi connectivity index (χ2v) is 7.12. The Bertz CT molecular complexity index is 795. The van der Waals surface area contributed by atoms with E-state index in [0.717, 1.165) is 18.7 Å². The number of piperidine rings is 1. The molecule has 6 heteroatoms. The number of nitrogens with zero attached hydrogens (tertiary/aromatic N) is 2. The summed E-state index contributed by atoms with van der Waals surface area (Å²) in [5.74, 6) is -0.500. The molecule has 4 nitrogen and oxygen atoms in total. The predicted octanol–water partition coefficient (Wildman–Crippen LogP) is 3.33. The maximum Gasteiger partial charge on any atom is 0.253 e. The fourth-order valence-corrected chi connectivity index (χ4v) is 4.07. The molecule has 4 rings (SSSR count). The molecule has 2 aliphatic heterocycles. The van der Waals surface area contributed by atoms with Crippen LogP contribution in [0.3, 0.4) is 0 Å². The minimum absolute atomic E-state index is 0.0778. The van der Waals surface area contributed by atoms with Crippen LogP contribution in [0.25, 0.3) is 0 Å². The number of hydrogen-bond donors (Lipinski definition) is 0. The van der Waals surface area contributed by atoms with E-state index in [2.05, 4.69) is 4.90 Å². The molecule has 27 heavy (non-hydrogen) atoms. The number of carbonyl (C=O) groups is 1. The number of anilines is 1. The summed E-state index contributed by atoms with van der Waals surface area (Å²) >= 11 is 0. The number of benzene rings is 2. The summed E-state index contributed by atoms with van der Waals surface area (Å²) in [6, 6.07) is 12.5. The van der Waals surface area contributed by atoms with E-state index in [0.29, 0.717) is 31.9 Å². The van der Waals surface area contributed by atoms with Crippen molar-refractivity contribution < 1.29 is 18.3 Å². The van der Waals surface area contributed by atoms with Gasteiger partial charge in [0.1, 0.15) is 11.6 Å². The fourth-order valence-electron chi connectivity index (χ4n) is 4.07. The van der Waals surface area contributed by atoms with E-state index in [-0.39, 0.29) is 29.5 Å². The van der Waals surface area contributed by atoms with E-state index in [1.54, 1.807) is 12.1 Å². The minimum Gasteiger partial charge on any atom is -0.379 e. The van der Waals surface area contributed by atoms with Crippen molar-refractivity contribution in [3.8, 4) is 0 Å².